The Morgan fingerprint density at radius 2 is 0.881 bits per heavy atom. The summed E-state index contributed by atoms with van der Waals surface area (Å²) in [6, 6.07) is 0. The summed E-state index contributed by atoms with van der Waals surface area (Å²) in [7, 11) is -4.90. The van der Waals surface area contributed by atoms with Gasteiger partial charge in [0.15, 0.2) is 6.10 Å². The van der Waals surface area contributed by atoms with Crippen molar-refractivity contribution in [3.8, 4) is 0 Å². The number of rotatable bonds is 43. The number of carbonyl (C=O) groups is 2. The summed E-state index contributed by atoms with van der Waals surface area (Å²) in [6.07, 6.45) is 29.7. The van der Waals surface area contributed by atoms with Crippen molar-refractivity contribution in [1.29, 1.82) is 0 Å². The van der Waals surface area contributed by atoms with Crippen molar-refractivity contribution in [3.63, 3.8) is 0 Å². The average Bonchev–Trinajstić information content (AvgIpc) is 3.22. The molecule has 348 valence electrons. The first kappa shape index (κ1) is 57.3. The predicted octanol–water partition coefficient (Wildman–Crippen LogP) is 9.09. The largest absolute Gasteiger partial charge is 0.472 e. The third-order valence-corrected chi connectivity index (χ3v) is 11.1. The van der Waals surface area contributed by atoms with Crippen molar-refractivity contribution in [2.75, 3.05) is 26.4 Å². The fourth-order valence-electron chi connectivity index (χ4n) is 6.35. The van der Waals surface area contributed by atoms with E-state index < -0.39 is 76.7 Å². The lowest BCUT2D eigenvalue weighted by Crippen LogP contribution is -2.47. The van der Waals surface area contributed by atoms with E-state index in [1.807, 2.05) is 0 Å². The Labute approximate surface area is 357 Å². The highest BCUT2D eigenvalue weighted by molar-refractivity contribution is 7.47. The van der Waals surface area contributed by atoms with Crippen LogP contribution in [-0.4, -0.2) is 99.3 Å². The number of carbonyl (C=O) groups excluding carboxylic acids is 2. The molecule has 0 aliphatic carbocycles. The molecule has 0 spiro atoms. The third-order valence-electron chi connectivity index (χ3n) is 10.2. The van der Waals surface area contributed by atoms with Crippen LogP contribution in [0.25, 0.3) is 0 Å². The number of hydrogen-bond acceptors (Lipinski definition) is 12. The van der Waals surface area contributed by atoms with Crippen molar-refractivity contribution in [1.82, 2.24) is 0 Å². The van der Waals surface area contributed by atoms with Gasteiger partial charge in [-0.05, 0) is 64.2 Å². The van der Waals surface area contributed by atoms with E-state index in [9.17, 15) is 39.5 Å². The maximum absolute atomic E-state index is 12.7. The van der Waals surface area contributed by atoms with Gasteiger partial charge in [0.2, 0.25) is 0 Å². The van der Waals surface area contributed by atoms with Gasteiger partial charge in [0.05, 0.1) is 19.8 Å². The summed E-state index contributed by atoms with van der Waals surface area (Å²) in [5.41, 5.74) is 0. The van der Waals surface area contributed by atoms with E-state index in [4.69, 9.17) is 23.6 Å². The predicted molar refractivity (Wildman–Crippen MR) is 233 cm³/mol. The molecule has 0 aromatic rings. The highest BCUT2D eigenvalue weighted by Gasteiger charge is 2.33. The van der Waals surface area contributed by atoms with Crippen molar-refractivity contribution >= 4 is 19.8 Å². The van der Waals surface area contributed by atoms with Crippen LogP contribution in [0.5, 0.6) is 0 Å². The van der Waals surface area contributed by atoms with Gasteiger partial charge < -0.3 is 39.9 Å². The number of phosphoric ester groups is 1. The van der Waals surface area contributed by atoms with Gasteiger partial charge in [0.1, 0.15) is 31.0 Å². The number of esters is 2. The number of aliphatic hydroxyl groups excluding tert-OH is 5. The number of hydrogen-bond donors (Lipinski definition) is 6. The molecule has 0 aromatic carbocycles. The first-order chi connectivity index (χ1) is 28.5. The van der Waals surface area contributed by atoms with Gasteiger partial charge in [-0.2, -0.15) is 0 Å². The van der Waals surface area contributed by atoms with Crippen LogP contribution in [0.15, 0.2) is 24.3 Å². The highest BCUT2D eigenvalue weighted by Crippen LogP contribution is 2.43. The Hall–Kier alpha value is -1.67. The Morgan fingerprint density at radius 1 is 0.508 bits per heavy atom. The van der Waals surface area contributed by atoms with Crippen molar-refractivity contribution in [2.24, 2.45) is 0 Å². The molecule has 14 heteroatoms. The van der Waals surface area contributed by atoms with E-state index in [2.05, 4.69) is 38.2 Å². The molecule has 0 aliphatic rings. The highest BCUT2D eigenvalue weighted by atomic mass is 31.2. The Bertz CT molecular complexity index is 1090. The van der Waals surface area contributed by atoms with E-state index in [1.165, 1.54) is 77.0 Å². The minimum Gasteiger partial charge on any atom is -0.462 e. The van der Waals surface area contributed by atoms with Crippen LogP contribution in [0.4, 0.5) is 0 Å². The second-order valence-electron chi connectivity index (χ2n) is 15.8. The van der Waals surface area contributed by atoms with Crippen LogP contribution in [0.1, 0.15) is 194 Å². The van der Waals surface area contributed by atoms with Crippen molar-refractivity contribution < 1.29 is 63.1 Å². The Balaban J connectivity index is 4.66. The Morgan fingerprint density at radius 3 is 1.32 bits per heavy atom. The fraction of sp³-hybridized carbons (Fsp3) is 0.867. The maximum Gasteiger partial charge on any atom is 0.472 e. The van der Waals surface area contributed by atoms with Gasteiger partial charge in [0.25, 0.3) is 0 Å². The molecular formula is C45H85O13P. The summed E-state index contributed by atoms with van der Waals surface area (Å²) in [5.74, 6) is -1.07. The SMILES string of the molecule is CCCCCCCC/C=C\CCCCCCCC(=O)OCC(COP(=O)(O)OCC(O)C(O)C(O)C(O)CO)OC(=O)CCCCCCC/C=C\CCCCCCCC. The van der Waals surface area contributed by atoms with E-state index >= 15 is 0 Å². The second kappa shape index (κ2) is 40.4. The summed E-state index contributed by atoms with van der Waals surface area (Å²) in [6.45, 7) is 1.51. The maximum atomic E-state index is 12.7. The molecule has 0 fully saturated rings. The van der Waals surface area contributed by atoms with Gasteiger partial charge in [-0.15, -0.1) is 0 Å². The van der Waals surface area contributed by atoms with E-state index in [0.717, 1.165) is 77.0 Å². The number of allylic oxidation sites excluding steroid dienone is 4. The third kappa shape index (κ3) is 36.7. The van der Waals surface area contributed by atoms with Gasteiger partial charge in [-0.25, -0.2) is 4.57 Å². The lowest BCUT2D eigenvalue weighted by atomic mass is 10.0. The van der Waals surface area contributed by atoms with E-state index in [-0.39, 0.29) is 12.8 Å². The lowest BCUT2D eigenvalue weighted by molar-refractivity contribution is -0.161. The van der Waals surface area contributed by atoms with Gasteiger partial charge in [-0.3, -0.25) is 18.6 Å². The standard InChI is InChI=1S/C45H85O13P/c1-3-5-7-9-11-13-15-17-19-21-23-25-27-29-31-33-42(49)55-36-39(37-56-59(53,54)57-38-41(48)45(52)44(51)40(47)35-46)58-43(50)34-32-30-28-26-24-22-20-18-16-14-12-10-8-6-4-2/h17-20,39-41,44-48,51-52H,3-16,21-38H2,1-2H3,(H,53,54)/b19-17-,20-18-. The zero-order valence-corrected chi connectivity index (χ0v) is 37.7. The van der Waals surface area contributed by atoms with Crippen molar-refractivity contribution in [3.05, 3.63) is 24.3 Å². The number of ether oxygens (including phenoxy) is 2. The monoisotopic (exact) mass is 865 g/mol. The smallest absolute Gasteiger partial charge is 0.462 e. The first-order valence-corrected chi connectivity index (χ1v) is 24.6. The van der Waals surface area contributed by atoms with Crippen LogP contribution in [0.2, 0.25) is 0 Å². The van der Waals surface area contributed by atoms with Crippen LogP contribution in [0, 0.1) is 0 Å². The lowest BCUT2D eigenvalue weighted by Gasteiger charge is -2.26. The van der Waals surface area contributed by atoms with Gasteiger partial charge in [-0.1, -0.05) is 141 Å². The van der Waals surface area contributed by atoms with Gasteiger partial charge in [0, 0.05) is 12.8 Å². The summed E-state index contributed by atoms with van der Waals surface area (Å²) < 4.78 is 33.0. The molecule has 59 heavy (non-hydrogen) atoms. The molecule has 6 atom stereocenters. The molecule has 0 saturated heterocycles. The van der Waals surface area contributed by atoms with Crippen molar-refractivity contribution in [2.45, 2.75) is 224 Å². The van der Waals surface area contributed by atoms with E-state index in [1.54, 1.807) is 0 Å². The van der Waals surface area contributed by atoms with E-state index in [0.29, 0.717) is 12.8 Å². The second-order valence-corrected chi connectivity index (χ2v) is 17.3. The van der Waals surface area contributed by atoms with Crippen LogP contribution in [0.3, 0.4) is 0 Å². The fourth-order valence-corrected chi connectivity index (χ4v) is 7.12. The molecule has 0 amide bonds. The molecular weight excluding hydrogens is 779 g/mol. The molecule has 0 aliphatic heterocycles. The van der Waals surface area contributed by atoms with Crippen LogP contribution in [-0.2, 0) is 32.7 Å². The summed E-state index contributed by atoms with van der Waals surface area (Å²) >= 11 is 0. The molecule has 0 rings (SSSR count). The minimum atomic E-state index is -4.90. The number of phosphoric acid groups is 1. The quantitative estimate of drug-likeness (QED) is 0.0146. The zero-order chi connectivity index (χ0) is 43.8. The molecule has 0 heterocycles. The topological polar surface area (TPSA) is 210 Å². The van der Waals surface area contributed by atoms with Crippen LogP contribution >= 0.6 is 7.82 Å². The number of aliphatic hydroxyl groups is 5. The minimum absolute atomic E-state index is 0.108. The molecule has 0 bridgehead atoms. The molecule has 0 saturated carbocycles. The molecule has 6 unspecified atom stereocenters. The van der Waals surface area contributed by atoms with Gasteiger partial charge >= 0.3 is 19.8 Å². The summed E-state index contributed by atoms with van der Waals surface area (Å²) in [5, 5.41) is 48.1. The summed E-state index contributed by atoms with van der Waals surface area (Å²) in [4.78, 5) is 35.4. The molecule has 6 N–H and O–H groups in total. The Kier molecular flexibility index (Phi) is 39.3. The number of unbranched alkanes of at least 4 members (excludes halogenated alkanes) is 22. The normalized spacial score (nSPS) is 15.6. The first-order valence-electron chi connectivity index (χ1n) is 23.1. The van der Waals surface area contributed by atoms with Crippen LogP contribution < -0.4 is 0 Å². The molecule has 13 nitrogen and oxygen atoms in total. The zero-order valence-electron chi connectivity index (χ0n) is 36.8. The molecule has 0 radical (unpaired) electrons. The average molecular weight is 865 g/mol. The molecule has 0 aromatic heterocycles.